The average Bonchev–Trinajstić information content (AvgIpc) is 2.70. The third-order valence-electron chi connectivity index (χ3n) is 2.77. The molecule has 2 unspecified atom stereocenters. The fourth-order valence-corrected chi connectivity index (χ4v) is 1.92. The van der Waals surface area contributed by atoms with E-state index in [-0.39, 0.29) is 18.0 Å². The lowest BCUT2D eigenvalue weighted by Crippen LogP contribution is -2.30. The van der Waals surface area contributed by atoms with Crippen molar-refractivity contribution in [1.82, 2.24) is 15.2 Å². The average molecular weight is 226 g/mol. The predicted molar refractivity (Wildman–Crippen MR) is 57.5 cm³/mol. The second-order valence-electron chi connectivity index (χ2n) is 3.87. The highest BCUT2D eigenvalue weighted by atomic mass is 16.5. The molecule has 7 heteroatoms. The van der Waals surface area contributed by atoms with E-state index in [0.29, 0.717) is 0 Å². The minimum Gasteiger partial charge on any atom is -0.381 e. The molecule has 16 heavy (non-hydrogen) atoms. The monoisotopic (exact) mass is 226 g/mol. The summed E-state index contributed by atoms with van der Waals surface area (Å²) < 4.78 is 5.22. The molecule has 1 aliphatic rings. The van der Waals surface area contributed by atoms with Crippen molar-refractivity contribution in [3.05, 3.63) is 20.8 Å². The molecule has 88 valence electrons. The van der Waals surface area contributed by atoms with E-state index in [1.165, 1.54) is 0 Å². The third-order valence-corrected chi connectivity index (χ3v) is 2.77. The van der Waals surface area contributed by atoms with Gasteiger partial charge in [0.25, 0.3) is 5.56 Å². The van der Waals surface area contributed by atoms with Crippen molar-refractivity contribution < 1.29 is 4.74 Å². The highest BCUT2D eigenvalue weighted by Crippen LogP contribution is 2.23. The maximum absolute atomic E-state index is 11.3. The number of nitrogens with zero attached hydrogens (tertiary/aromatic N) is 1. The van der Waals surface area contributed by atoms with E-state index in [4.69, 9.17) is 4.74 Å². The molecule has 0 spiro atoms. The molecule has 2 rings (SSSR count). The smallest absolute Gasteiger partial charge is 0.342 e. The first kappa shape index (κ1) is 10.9. The molecule has 1 aromatic heterocycles. The summed E-state index contributed by atoms with van der Waals surface area (Å²) in [6.45, 7) is 0. The molecule has 7 nitrogen and oxygen atoms in total. The number of ether oxygens (including phenoxy) is 1. The van der Waals surface area contributed by atoms with E-state index < -0.39 is 11.2 Å². The molecule has 0 saturated heterocycles. The lowest BCUT2D eigenvalue weighted by Gasteiger charge is -2.11. The van der Waals surface area contributed by atoms with Crippen LogP contribution in [-0.2, 0) is 4.74 Å². The molecule has 3 N–H and O–H groups in total. The summed E-state index contributed by atoms with van der Waals surface area (Å²) in [6, 6.07) is 0.171. The van der Waals surface area contributed by atoms with Crippen LogP contribution in [0.4, 0.5) is 5.82 Å². The Morgan fingerprint density at radius 3 is 2.88 bits per heavy atom. The van der Waals surface area contributed by atoms with Crippen molar-refractivity contribution in [1.29, 1.82) is 0 Å². The molecule has 1 saturated carbocycles. The van der Waals surface area contributed by atoms with Gasteiger partial charge in [-0.3, -0.25) is 9.78 Å². The van der Waals surface area contributed by atoms with E-state index >= 15 is 0 Å². The second kappa shape index (κ2) is 4.48. The van der Waals surface area contributed by atoms with Crippen molar-refractivity contribution in [3.8, 4) is 0 Å². The molecule has 0 amide bonds. The van der Waals surface area contributed by atoms with Gasteiger partial charge in [0.15, 0.2) is 0 Å². The molecule has 0 radical (unpaired) electrons. The third kappa shape index (κ3) is 2.30. The Morgan fingerprint density at radius 2 is 2.25 bits per heavy atom. The Hall–Kier alpha value is -1.63. The maximum Gasteiger partial charge on any atom is 0.342 e. The number of anilines is 1. The van der Waals surface area contributed by atoms with Gasteiger partial charge in [0.2, 0.25) is 5.82 Å². The molecule has 1 fully saturated rings. The maximum atomic E-state index is 11.3. The molecule has 0 aromatic carbocycles. The van der Waals surface area contributed by atoms with E-state index in [0.717, 1.165) is 19.3 Å². The molecule has 1 aliphatic carbocycles. The van der Waals surface area contributed by atoms with Gasteiger partial charge in [-0.25, -0.2) is 9.89 Å². The van der Waals surface area contributed by atoms with Gasteiger partial charge in [-0.15, -0.1) is 5.10 Å². The number of rotatable bonds is 3. The normalized spacial score (nSPS) is 24.6. The second-order valence-corrected chi connectivity index (χ2v) is 3.87. The lowest BCUT2D eigenvalue weighted by molar-refractivity contribution is 0.108. The van der Waals surface area contributed by atoms with Gasteiger partial charge < -0.3 is 10.1 Å². The first-order chi connectivity index (χ1) is 7.69. The lowest BCUT2D eigenvalue weighted by atomic mass is 10.2. The molecular formula is C9H14N4O3. The summed E-state index contributed by atoms with van der Waals surface area (Å²) in [6.07, 6.45) is 2.98. The summed E-state index contributed by atoms with van der Waals surface area (Å²) in [4.78, 5) is 24.2. The number of hydrogen-bond donors (Lipinski definition) is 3. The van der Waals surface area contributed by atoms with Gasteiger partial charge >= 0.3 is 5.69 Å². The fraction of sp³-hybridized carbons (Fsp3) is 0.667. The standard InChI is InChI=1S/C9H14N4O3/c1-16-6-3-2-5(4-6)10-7-8(14)11-9(15)13-12-7/h5-6H,2-4H2,1H3,(H,10,12)(H2,11,13,14,15). The summed E-state index contributed by atoms with van der Waals surface area (Å²) in [5.41, 5.74) is -1.10. The minimum atomic E-state index is -0.600. The van der Waals surface area contributed by atoms with Crippen molar-refractivity contribution >= 4 is 5.82 Å². The van der Waals surface area contributed by atoms with Gasteiger partial charge in [-0.2, -0.15) is 0 Å². The van der Waals surface area contributed by atoms with Crippen molar-refractivity contribution in [2.24, 2.45) is 0 Å². The Kier molecular flexibility index (Phi) is 3.04. The number of hydrogen-bond acceptors (Lipinski definition) is 5. The highest BCUT2D eigenvalue weighted by Gasteiger charge is 2.25. The van der Waals surface area contributed by atoms with Gasteiger partial charge in [-0.05, 0) is 19.3 Å². The van der Waals surface area contributed by atoms with Crippen LogP contribution in [0.1, 0.15) is 19.3 Å². The molecule has 1 heterocycles. The quantitative estimate of drug-likeness (QED) is 0.641. The highest BCUT2D eigenvalue weighted by molar-refractivity contribution is 5.30. The van der Waals surface area contributed by atoms with Crippen LogP contribution in [0.3, 0.4) is 0 Å². The zero-order valence-corrected chi connectivity index (χ0v) is 8.95. The number of aromatic amines is 2. The van der Waals surface area contributed by atoms with Gasteiger partial charge in [-0.1, -0.05) is 0 Å². The molecule has 1 aromatic rings. The fourth-order valence-electron chi connectivity index (χ4n) is 1.92. The molecular weight excluding hydrogens is 212 g/mol. The Bertz CT molecular complexity index is 466. The molecule has 0 bridgehead atoms. The van der Waals surface area contributed by atoms with Crippen LogP contribution < -0.4 is 16.6 Å². The van der Waals surface area contributed by atoms with Crippen LogP contribution in [0.25, 0.3) is 0 Å². The first-order valence-electron chi connectivity index (χ1n) is 5.17. The van der Waals surface area contributed by atoms with E-state index in [1.54, 1.807) is 7.11 Å². The molecule has 0 aliphatic heterocycles. The van der Waals surface area contributed by atoms with Crippen LogP contribution in [0.5, 0.6) is 0 Å². The summed E-state index contributed by atoms with van der Waals surface area (Å²) in [7, 11) is 1.68. The summed E-state index contributed by atoms with van der Waals surface area (Å²) in [5.74, 6) is 0.154. The first-order valence-corrected chi connectivity index (χ1v) is 5.17. The van der Waals surface area contributed by atoms with Crippen LogP contribution in [-0.4, -0.2) is 34.4 Å². The van der Waals surface area contributed by atoms with Gasteiger partial charge in [0.1, 0.15) is 0 Å². The number of H-pyrrole nitrogens is 2. The van der Waals surface area contributed by atoms with E-state index in [1.807, 2.05) is 0 Å². The summed E-state index contributed by atoms with van der Waals surface area (Å²) >= 11 is 0. The largest absolute Gasteiger partial charge is 0.381 e. The van der Waals surface area contributed by atoms with Gasteiger partial charge in [0.05, 0.1) is 6.10 Å². The summed E-state index contributed by atoms with van der Waals surface area (Å²) in [5, 5.41) is 8.84. The van der Waals surface area contributed by atoms with Gasteiger partial charge in [0, 0.05) is 13.2 Å². The minimum absolute atomic E-state index is 0.154. The van der Waals surface area contributed by atoms with E-state index in [2.05, 4.69) is 20.5 Å². The SMILES string of the molecule is COC1CCC(Nc2n[nH]c(=O)[nH]c2=O)C1. The zero-order chi connectivity index (χ0) is 11.5. The number of methoxy groups -OCH3 is 1. The zero-order valence-electron chi connectivity index (χ0n) is 8.95. The van der Waals surface area contributed by atoms with E-state index in [9.17, 15) is 9.59 Å². The topological polar surface area (TPSA) is 99.9 Å². The predicted octanol–water partition coefficient (Wildman–Crippen LogP) is -0.562. The van der Waals surface area contributed by atoms with Crippen LogP contribution in [0.15, 0.2) is 9.59 Å². The number of aromatic nitrogens is 3. The van der Waals surface area contributed by atoms with Crippen molar-refractivity contribution in [3.63, 3.8) is 0 Å². The van der Waals surface area contributed by atoms with Crippen LogP contribution >= 0.6 is 0 Å². The van der Waals surface area contributed by atoms with Crippen molar-refractivity contribution in [2.75, 3.05) is 12.4 Å². The Morgan fingerprint density at radius 1 is 1.44 bits per heavy atom. The van der Waals surface area contributed by atoms with Crippen molar-refractivity contribution in [2.45, 2.75) is 31.4 Å². The van der Waals surface area contributed by atoms with Crippen LogP contribution in [0, 0.1) is 0 Å². The number of nitrogens with one attached hydrogen (secondary N) is 3. The molecule has 2 atom stereocenters. The Balaban J connectivity index is 2.05. The van der Waals surface area contributed by atoms with Crippen LogP contribution in [0.2, 0.25) is 0 Å². The Labute approximate surface area is 91.2 Å².